The summed E-state index contributed by atoms with van der Waals surface area (Å²) in [5.74, 6) is 1.03. The zero-order chi connectivity index (χ0) is 11.7. The predicted molar refractivity (Wildman–Crippen MR) is 64.8 cm³/mol. The number of benzene rings is 2. The molecule has 17 heavy (non-hydrogen) atoms. The standard InChI is InChI=1S/C15H13FO/c16-14-6-3-5-11(9-14)13-8-12-4-1-2-7-15(12)17-10-13/h1-7,9,13H,8,10H2. The number of rotatable bonds is 1. The first-order chi connectivity index (χ1) is 8.33. The number of fused-ring (bicyclic) bond motifs is 1. The highest BCUT2D eigenvalue weighted by Gasteiger charge is 2.21. The Morgan fingerprint density at radius 3 is 2.82 bits per heavy atom. The van der Waals surface area contributed by atoms with E-state index in [1.807, 2.05) is 24.3 Å². The first-order valence-electron chi connectivity index (χ1n) is 5.79. The fourth-order valence-corrected chi connectivity index (χ4v) is 2.30. The molecule has 1 aliphatic heterocycles. The zero-order valence-electron chi connectivity index (χ0n) is 9.40. The average Bonchev–Trinajstić information content (AvgIpc) is 2.38. The number of para-hydroxylation sites is 1. The maximum atomic E-state index is 13.2. The van der Waals surface area contributed by atoms with Crippen molar-refractivity contribution in [3.05, 3.63) is 65.5 Å². The van der Waals surface area contributed by atoms with Gasteiger partial charge < -0.3 is 4.74 Å². The summed E-state index contributed by atoms with van der Waals surface area (Å²) in [6.07, 6.45) is 0.916. The first kappa shape index (κ1) is 10.3. The van der Waals surface area contributed by atoms with Gasteiger partial charge in [-0.1, -0.05) is 30.3 Å². The molecule has 0 aliphatic carbocycles. The highest BCUT2D eigenvalue weighted by Crippen LogP contribution is 2.32. The largest absolute Gasteiger partial charge is 0.493 e. The van der Waals surface area contributed by atoms with Gasteiger partial charge in [0.1, 0.15) is 11.6 Å². The van der Waals surface area contributed by atoms with Gasteiger partial charge in [0, 0.05) is 5.92 Å². The van der Waals surface area contributed by atoms with Crippen LogP contribution in [0.4, 0.5) is 4.39 Å². The summed E-state index contributed by atoms with van der Waals surface area (Å²) in [5.41, 5.74) is 2.22. The summed E-state index contributed by atoms with van der Waals surface area (Å²) >= 11 is 0. The highest BCUT2D eigenvalue weighted by molar-refractivity contribution is 5.37. The molecule has 2 heteroatoms. The van der Waals surface area contributed by atoms with Gasteiger partial charge in [0.05, 0.1) is 6.61 Å². The molecule has 0 aromatic heterocycles. The zero-order valence-corrected chi connectivity index (χ0v) is 9.40. The highest BCUT2D eigenvalue weighted by atomic mass is 19.1. The van der Waals surface area contributed by atoms with Crippen LogP contribution in [0.3, 0.4) is 0 Å². The van der Waals surface area contributed by atoms with E-state index in [0.29, 0.717) is 6.61 Å². The Morgan fingerprint density at radius 1 is 1.06 bits per heavy atom. The van der Waals surface area contributed by atoms with Crippen LogP contribution >= 0.6 is 0 Å². The van der Waals surface area contributed by atoms with E-state index in [2.05, 4.69) is 6.07 Å². The van der Waals surface area contributed by atoms with Crippen LogP contribution in [0.1, 0.15) is 17.0 Å². The van der Waals surface area contributed by atoms with Gasteiger partial charge in [-0.25, -0.2) is 4.39 Å². The van der Waals surface area contributed by atoms with Gasteiger partial charge in [0.15, 0.2) is 0 Å². The topological polar surface area (TPSA) is 9.23 Å². The Labute approximate surface area is 99.9 Å². The number of halogens is 1. The van der Waals surface area contributed by atoms with Gasteiger partial charge in [-0.3, -0.25) is 0 Å². The van der Waals surface area contributed by atoms with Gasteiger partial charge in [-0.05, 0) is 35.7 Å². The first-order valence-corrected chi connectivity index (χ1v) is 5.79. The van der Waals surface area contributed by atoms with Crippen LogP contribution in [0, 0.1) is 5.82 Å². The van der Waals surface area contributed by atoms with E-state index in [9.17, 15) is 4.39 Å². The monoisotopic (exact) mass is 228 g/mol. The molecule has 86 valence electrons. The molecule has 1 heterocycles. The van der Waals surface area contributed by atoms with E-state index < -0.39 is 0 Å². The molecule has 1 unspecified atom stereocenters. The average molecular weight is 228 g/mol. The fraction of sp³-hybridized carbons (Fsp3) is 0.200. The van der Waals surface area contributed by atoms with Crippen molar-refractivity contribution in [3.8, 4) is 5.75 Å². The SMILES string of the molecule is Fc1cccc(C2COc3ccccc3C2)c1. The van der Waals surface area contributed by atoms with Crippen molar-refractivity contribution in [3.63, 3.8) is 0 Å². The van der Waals surface area contributed by atoms with Crippen molar-refractivity contribution < 1.29 is 9.13 Å². The van der Waals surface area contributed by atoms with Gasteiger partial charge in [-0.15, -0.1) is 0 Å². The molecular weight excluding hydrogens is 215 g/mol. The maximum absolute atomic E-state index is 13.2. The summed E-state index contributed by atoms with van der Waals surface area (Å²) in [6, 6.07) is 14.8. The number of ether oxygens (including phenoxy) is 1. The van der Waals surface area contributed by atoms with E-state index in [1.165, 1.54) is 11.6 Å². The van der Waals surface area contributed by atoms with Crippen LogP contribution in [0.5, 0.6) is 5.75 Å². The second-order valence-electron chi connectivity index (χ2n) is 4.37. The van der Waals surface area contributed by atoms with Crippen molar-refractivity contribution in [1.82, 2.24) is 0 Å². The molecule has 3 rings (SSSR count). The van der Waals surface area contributed by atoms with Crippen LogP contribution in [0.15, 0.2) is 48.5 Å². The van der Waals surface area contributed by atoms with Crippen molar-refractivity contribution in [2.45, 2.75) is 12.3 Å². The minimum absolute atomic E-state index is 0.179. The smallest absolute Gasteiger partial charge is 0.123 e. The van der Waals surface area contributed by atoms with E-state index in [1.54, 1.807) is 12.1 Å². The van der Waals surface area contributed by atoms with Crippen molar-refractivity contribution in [1.29, 1.82) is 0 Å². The lowest BCUT2D eigenvalue weighted by atomic mass is 9.90. The summed E-state index contributed by atoms with van der Waals surface area (Å²) in [5, 5.41) is 0. The normalized spacial score (nSPS) is 18.3. The molecule has 2 aromatic carbocycles. The second-order valence-corrected chi connectivity index (χ2v) is 4.37. The summed E-state index contributed by atoms with van der Waals surface area (Å²) in [6.45, 7) is 0.625. The summed E-state index contributed by atoms with van der Waals surface area (Å²) < 4.78 is 18.9. The molecule has 1 aliphatic rings. The van der Waals surface area contributed by atoms with E-state index >= 15 is 0 Å². The molecule has 0 bridgehead atoms. The van der Waals surface area contributed by atoms with Gasteiger partial charge >= 0.3 is 0 Å². The molecule has 0 amide bonds. The van der Waals surface area contributed by atoms with E-state index in [4.69, 9.17) is 4.74 Å². The minimum atomic E-state index is -0.179. The van der Waals surface area contributed by atoms with Crippen molar-refractivity contribution >= 4 is 0 Å². The van der Waals surface area contributed by atoms with Gasteiger partial charge in [-0.2, -0.15) is 0 Å². The molecular formula is C15H13FO. The third-order valence-corrected chi connectivity index (χ3v) is 3.20. The van der Waals surface area contributed by atoms with Crippen LogP contribution < -0.4 is 4.74 Å². The Bertz CT molecular complexity index is 536. The third-order valence-electron chi connectivity index (χ3n) is 3.20. The van der Waals surface area contributed by atoms with E-state index in [0.717, 1.165) is 17.7 Å². The molecule has 0 spiro atoms. The van der Waals surface area contributed by atoms with Gasteiger partial charge in [0.2, 0.25) is 0 Å². The molecule has 0 saturated carbocycles. The Morgan fingerprint density at radius 2 is 1.94 bits per heavy atom. The van der Waals surface area contributed by atoms with Crippen LogP contribution in [0.2, 0.25) is 0 Å². The third kappa shape index (κ3) is 2.03. The molecule has 2 aromatic rings. The van der Waals surface area contributed by atoms with Crippen LogP contribution in [-0.4, -0.2) is 6.61 Å². The molecule has 0 saturated heterocycles. The summed E-state index contributed by atoms with van der Waals surface area (Å²) in [4.78, 5) is 0. The molecule has 0 radical (unpaired) electrons. The van der Waals surface area contributed by atoms with Gasteiger partial charge in [0.25, 0.3) is 0 Å². The van der Waals surface area contributed by atoms with Crippen molar-refractivity contribution in [2.24, 2.45) is 0 Å². The lowest BCUT2D eigenvalue weighted by molar-refractivity contribution is 0.262. The Hall–Kier alpha value is -1.83. The van der Waals surface area contributed by atoms with Crippen LogP contribution in [0.25, 0.3) is 0 Å². The predicted octanol–water partition coefficient (Wildman–Crippen LogP) is 3.54. The lowest BCUT2D eigenvalue weighted by Gasteiger charge is -2.25. The van der Waals surface area contributed by atoms with Crippen LogP contribution in [-0.2, 0) is 6.42 Å². The molecule has 0 fully saturated rings. The minimum Gasteiger partial charge on any atom is -0.493 e. The van der Waals surface area contributed by atoms with Crippen molar-refractivity contribution in [2.75, 3.05) is 6.61 Å². The van der Waals surface area contributed by atoms with E-state index in [-0.39, 0.29) is 11.7 Å². The molecule has 1 atom stereocenters. The molecule has 1 nitrogen and oxygen atoms in total. The quantitative estimate of drug-likeness (QED) is 0.725. The number of hydrogen-bond acceptors (Lipinski definition) is 1. The fourth-order valence-electron chi connectivity index (χ4n) is 2.30. The second kappa shape index (κ2) is 4.21. The Balaban J connectivity index is 1.89. The number of hydrogen-bond donors (Lipinski definition) is 0. The molecule has 0 N–H and O–H groups in total. The maximum Gasteiger partial charge on any atom is 0.123 e. The summed E-state index contributed by atoms with van der Waals surface area (Å²) in [7, 11) is 0. The lowest BCUT2D eigenvalue weighted by Crippen LogP contribution is -2.19. The Kier molecular flexibility index (Phi) is 2.56.